The van der Waals surface area contributed by atoms with E-state index in [0.29, 0.717) is 24.4 Å². The van der Waals surface area contributed by atoms with Crippen molar-refractivity contribution in [3.05, 3.63) is 0 Å². The maximum atomic E-state index is 11.5. The van der Waals surface area contributed by atoms with Crippen LogP contribution in [0, 0.1) is 5.41 Å². The van der Waals surface area contributed by atoms with Crippen LogP contribution in [0.4, 0.5) is 0 Å². The summed E-state index contributed by atoms with van der Waals surface area (Å²) < 4.78 is 0. The molecule has 12 heavy (non-hydrogen) atoms. The van der Waals surface area contributed by atoms with E-state index in [1.807, 2.05) is 0 Å². The Morgan fingerprint density at radius 1 is 0.917 bits per heavy atom. The Hall–Kier alpha value is -0.660. The Morgan fingerprint density at radius 2 is 1.58 bits per heavy atom. The molecule has 0 heterocycles. The molecule has 0 N–H and O–H groups in total. The average molecular weight is 166 g/mol. The minimum Gasteiger partial charge on any atom is -0.300 e. The molecule has 0 unspecified atom stereocenters. The molecule has 0 atom stereocenters. The molecule has 2 aliphatic carbocycles. The van der Waals surface area contributed by atoms with Crippen LogP contribution in [0.5, 0.6) is 0 Å². The first-order valence-corrected chi connectivity index (χ1v) is 4.78. The van der Waals surface area contributed by atoms with Crippen LogP contribution in [-0.4, -0.2) is 11.6 Å². The van der Waals surface area contributed by atoms with Crippen molar-refractivity contribution in [3.8, 4) is 0 Å². The van der Waals surface area contributed by atoms with Gasteiger partial charge in [-0.05, 0) is 25.7 Å². The lowest BCUT2D eigenvalue weighted by Gasteiger charge is -2.30. The molecule has 66 valence electrons. The van der Waals surface area contributed by atoms with Crippen LogP contribution < -0.4 is 0 Å². The highest BCUT2D eigenvalue weighted by Crippen LogP contribution is 2.45. The van der Waals surface area contributed by atoms with E-state index in [2.05, 4.69) is 0 Å². The van der Waals surface area contributed by atoms with Gasteiger partial charge >= 0.3 is 0 Å². The summed E-state index contributed by atoms with van der Waals surface area (Å²) in [5.41, 5.74) is -0.0477. The van der Waals surface area contributed by atoms with Gasteiger partial charge in [0.05, 0.1) is 0 Å². The third kappa shape index (κ3) is 1.10. The van der Waals surface area contributed by atoms with Gasteiger partial charge in [0.1, 0.15) is 11.6 Å². The normalized spacial score (nSPS) is 28.3. The smallest absolute Gasteiger partial charge is 0.139 e. The molecule has 0 amide bonds. The van der Waals surface area contributed by atoms with Crippen molar-refractivity contribution in [3.63, 3.8) is 0 Å². The van der Waals surface area contributed by atoms with Gasteiger partial charge < -0.3 is 0 Å². The Morgan fingerprint density at radius 3 is 2.08 bits per heavy atom. The van der Waals surface area contributed by atoms with E-state index in [1.165, 1.54) is 0 Å². The second kappa shape index (κ2) is 2.68. The number of hydrogen-bond acceptors (Lipinski definition) is 2. The van der Waals surface area contributed by atoms with E-state index in [4.69, 9.17) is 0 Å². The number of carbonyl (C=O) groups is 2. The first-order valence-electron chi connectivity index (χ1n) is 4.78. The van der Waals surface area contributed by atoms with Gasteiger partial charge in [-0.15, -0.1) is 0 Å². The molecule has 0 aromatic heterocycles. The summed E-state index contributed by atoms with van der Waals surface area (Å²) in [5, 5.41) is 0. The fourth-order valence-corrected chi connectivity index (χ4v) is 2.53. The molecule has 0 aromatic rings. The van der Waals surface area contributed by atoms with Crippen molar-refractivity contribution in [2.24, 2.45) is 5.41 Å². The van der Waals surface area contributed by atoms with Crippen molar-refractivity contribution < 1.29 is 9.59 Å². The Labute approximate surface area is 72.3 Å². The number of Topliss-reactive ketones (excluding diaryl/α,β-unsaturated/α-hetero) is 2. The molecule has 0 aliphatic heterocycles. The Bertz CT molecular complexity index is 220. The van der Waals surface area contributed by atoms with E-state index in [-0.39, 0.29) is 5.41 Å². The maximum absolute atomic E-state index is 11.5. The standard InChI is InChI=1S/C10H14O2/c11-8-3-6-10(7-4-8)5-1-2-9(10)12/h1-7H2. The molecule has 0 bridgehead atoms. The summed E-state index contributed by atoms with van der Waals surface area (Å²) >= 11 is 0. The summed E-state index contributed by atoms with van der Waals surface area (Å²) in [5.74, 6) is 0.773. The average Bonchev–Trinajstić information content (AvgIpc) is 2.41. The summed E-state index contributed by atoms with van der Waals surface area (Å²) in [6, 6.07) is 0. The molecule has 2 saturated carbocycles. The minimum atomic E-state index is -0.0477. The van der Waals surface area contributed by atoms with Crippen LogP contribution >= 0.6 is 0 Å². The van der Waals surface area contributed by atoms with Gasteiger partial charge in [-0.3, -0.25) is 9.59 Å². The third-order valence-corrected chi connectivity index (χ3v) is 3.42. The van der Waals surface area contributed by atoms with Crippen LogP contribution in [0.3, 0.4) is 0 Å². The highest BCUT2D eigenvalue weighted by Gasteiger charge is 2.43. The monoisotopic (exact) mass is 166 g/mol. The Balaban J connectivity index is 2.12. The van der Waals surface area contributed by atoms with Gasteiger partial charge in [-0.1, -0.05) is 0 Å². The van der Waals surface area contributed by atoms with Crippen LogP contribution in [0.15, 0.2) is 0 Å². The highest BCUT2D eigenvalue weighted by atomic mass is 16.1. The van der Waals surface area contributed by atoms with Gasteiger partial charge in [0.15, 0.2) is 0 Å². The van der Waals surface area contributed by atoms with Gasteiger partial charge in [-0.25, -0.2) is 0 Å². The van der Waals surface area contributed by atoms with Crippen LogP contribution in [0.2, 0.25) is 0 Å². The molecule has 0 aromatic carbocycles. The molecule has 2 rings (SSSR count). The molecular weight excluding hydrogens is 152 g/mol. The summed E-state index contributed by atoms with van der Waals surface area (Å²) in [6.07, 6.45) is 5.81. The number of rotatable bonds is 0. The molecule has 2 heteroatoms. The SMILES string of the molecule is O=C1CCC2(CCCC2=O)CC1. The number of hydrogen-bond donors (Lipinski definition) is 0. The molecule has 2 aliphatic rings. The van der Waals surface area contributed by atoms with Gasteiger partial charge in [0.25, 0.3) is 0 Å². The molecule has 2 nitrogen and oxygen atoms in total. The first-order chi connectivity index (χ1) is 5.73. The van der Waals surface area contributed by atoms with E-state index in [1.54, 1.807) is 0 Å². The van der Waals surface area contributed by atoms with E-state index in [9.17, 15) is 9.59 Å². The topological polar surface area (TPSA) is 34.1 Å². The molecule has 1 spiro atoms. The van der Waals surface area contributed by atoms with E-state index < -0.39 is 0 Å². The largest absolute Gasteiger partial charge is 0.300 e. The zero-order chi connectivity index (χ0) is 8.60. The summed E-state index contributed by atoms with van der Waals surface area (Å²) in [7, 11) is 0. The van der Waals surface area contributed by atoms with E-state index >= 15 is 0 Å². The van der Waals surface area contributed by atoms with Gasteiger partial charge in [0, 0.05) is 24.7 Å². The predicted octanol–water partition coefficient (Wildman–Crippen LogP) is 1.87. The molecule has 2 fully saturated rings. The van der Waals surface area contributed by atoms with Crippen LogP contribution in [-0.2, 0) is 9.59 Å². The second-order valence-electron chi connectivity index (χ2n) is 4.10. The first kappa shape index (κ1) is 7.96. The lowest BCUT2D eigenvalue weighted by atomic mass is 9.72. The quantitative estimate of drug-likeness (QED) is 0.550. The van der Waals surface area contributed by atoms with Crippen molar-refractivity contribution in [2.45, 2.75) is 44.9 Å². The van der Waals surface area contributed by atoms with Crippen molar-refractivity contribution >= 4 is 11.6 Å². The summed E-state index contributed by atoms with van der Waals surface area (Å²) in [4.78, 5) is 22.5. The lowest BCUT2D eigenvalue weighted by Crippen LogP contribution is -2.31. The van der Waals surface area contributed by atoms with Gasteiger partial charge in [-0.2, -0.15) is 0 Å². The number of carbonyl (C=O) groups excluding carboxylic acids is 2. The second-order valence-corrected chi connectivity index (χ2v) is 4.10. The predicted molar refractivity (Wildman–Crippen MR) is 44.8 cm³/mol. The fourth-order valence-electron chi connectivity index (χ4n) is 2.53. The third-order valence-electron chi connectivity index (χ3n) is 3.42. The van der Waals surface area contributed by atoms with Crippen molar-refractivity contribution in [1.82, 2.24) is 0 Å². The zero-order valence-corrected chi connectivity index (χ0v) is 7.27. The van der Waals surface area contributed by atoms with E-state index in [0.717, 1.165) is 32.1 Å². The molecule has 0 radical (unpaired) electrons. The Kier molecular flexibility index (Phi) is 1.78. The molecular formula is C10H14O2. The minimum absolute atomic E-state index is 0.0477. The van der Waals surface area contributed by atoms with Crippen LogP contribution in [0.25, 0.3) is 0 Å². The lowest BCUT2D eigenvalue weighted by molar-refractivity contribution is -0.131. The summed E-state index contributed by atoms with van der Waals surface area (Å²) in [6.45, 7) is 0. The maximum Gasteiger partial charge on any atom is 0.139 e. The highest BCUT2D eigenvalue weighted by molar-refractivity contribution is 5.90. The van der Waals surface area contributed by atoms with Crippen molar-refractivity contribution in [1.29, 1.82) is 0 Å². The van der Waals surface area contributed by atoms with Crippen molar-refractivity contribution in [2.75, 3.05) is 0 Å². The zero-order valence-electron chi connectivity index (χ0n) is 7.27. The fraction of sp³-hybridized carbons (Fsp3) is 0.800. The van der Waals surface area contributed by atoms with Gasteiger partial charge in [0.2, 0.25) is 0 Å². The number of ketones is 2. The van der Waals surface area contributed by atoms with Crippen LogP contribution in [0.1, 0.15) is 44.9 Å². The molecule has 0 saturated heterocycles.